The molecule has 2 aliphatic rings. The van der Waals surface area contributed by atoms with E-state index >= 15 is 0 Å². The number of aromatic nitrogens is 2. The summed E-state index contributed by atoms with van der Waals surface area (Å²) in [5.74, 6) is 0.0426. The number of benzene rings is 3. The topological polar surface area (TPSA) is 81.6 Å². The highest BCUT2D eigenvalue weighted by atomic mass is 35.5. The van der Waals surface area contributed by atoms with E-state index in [-0.39, 0.29) is 18.0 Å². The molecule has 0 atom stereocenters. The van der Waals surface area contributed by atoms with E-state index in [1.165, 1.54) is 39.5 Å². The number of rotatable bonds is 4. The van der Waals surface area contributed by atoms with Crippen molar-refractivity contribution in [1.82, 2.24) is 20.3 Å². The van der Waals surface area contributed by atoms with E-state index in [1.807, 2.05) is 0 Å². The molecule has 0 unspecified atom stereocenters. The Balaban J connectivity index is 0.00000253. The van der Waals surface area contributed by atoms with Gasteiger partial charge in [0.25, 0.3) is 5.91 Å². The van der Waals surface area contributed by atoms with Crippen molar-refractivity contribution in [2.45, 2.75) is 19.4 Å². The zero-order chi connectivity index (χ0) is 23.1. The average molecular weight is 490 g/mol. The molecule has 6 rings (SSSR count). The summed E-state index contributed by atoms with van der Waals surface area (Å²) in [6.45, 7) is 5.06. The van der Waals surface area contributed by atoms with Gasteiger partial charge in [0.2, 0.25) is 5.95 Å². The van der Waals surface area contributed by atoms with Gasteiger partial charge in [-0.15, -0.1) is 12.4 Å². The summed E-state index contributed by atoms with van der Waals surface area (Å²) in [7, 11) is 0. The molecule has 0 radical (unpaired) electrons. The highest BCUT2D eigenvalue weighted by Crippen LogP contribution is 2.42. The Bertz CT molecular complexity index is 1360. The van der Waals surface area contributed by atoms with Crippen LogP contribution in [0.1, 0.15) is 28.8 Å². The Morgan fingerprint density at radius 3 is 2.26 bits per heavy atom. The van der Waals surface area contributed by atoms with Gasteiger partial charge in [-0.2, -0.15) is 0 Å². The van der Waals surface area contributed by atoms with Crippen molar-refractivity contribution < 1.29 is 10.0 Å². The lowest BCUT2D eigenvalue weighted by Crippen LogP contribution is -2.60. The summed E-state index contributed by atoms with van der Waals surface area (Å²) in [5.41, 5.74) is 3.63. The van der Waals surface area contributed by atoms with Crippen LogP contribution in [0.5, 0.6) is 0 Å². The van der Waals surface area contributed by atoms with Crippen LogP contribution in [0.2, 0.25) is 0 Å². The van der Waals surface area contributed by atoms with Crippen molar-refractivity contribution in [3.8, 4) is 0 Å². The fourth-order valence-corrected chi connectivity index (χ4v) is 5.68. The molecule has 7 nitrogen and oxygen atoms in total. The summed E-state index contributed by atoms with van der Waals surface area (Å²) in [6, 6.07) is 19.8. The summed E-state index contributed by atoms with van der Waals surface area (Å²) in [4.78, 5) is 24.9. The van der Waals surface area contributed by atoms with Gasteiger partial charge < -0.3 is 4.90 Å². The van der Waals surface area contributed by atoms with E-state index in [0.29, 0.717) is 11.4 Å². The van der Waals surface area contributed by atoms with Crippen molar-refractivity contribution in [3.63, 3.8) is 0 Å². The maximum absolute atomic E-state index is 11.5. The fraction of sp³-hybridized carbons (Fsp3) is 0.296. The quantitative estimate of drug-likeness (QED) is 0.251. The molecule has 180 valence electrons. The second-order valence-electron chi connectivity index (χ2n) is 9.65. The van der Waals surface area contributed by atoms with Gasteiger partial charge in [-0.05, 0) is 51.4 Å². The minimum Gasteiger partial charge on any atom is -0.341 e. The third kappa shape index (κ3) is 4.31. The van der Waals surface area contributed by atoms with E-state index in [9.17, 15) is 4.79 Å². The predicted molar refractivity (Wildman–Crippen MR) is 139 cm³/mol. The lowest BCUT2D eigenvalue weighted by Gasteiger charge is -2.54. The molecule has 35 heavy (non-hydrogen) atoms. The zero-order valence-corrected chi connectivity index (χ0v) is 20.2. The molecule has 2 fully saturated rings. The number of nitrogens with one attached hydrogen (secondary N) is 1. The second kappa shape index (κ2) is 9.41. The number of carbonyl (C=O) groups excluding carboxylic acids is 1. The van der Waals surface area contributed by atoms with Crippen LogP contribution in [0.4, 0.5) is 5.95 Å². The van der Waals surface area contributed by atoms with Crippen molar-refractivity contribution in [3.05, 3.63) is 78.1 Å². The lowest BCUT2D eigenvalue weighted by atomic mass is 9.72. The van der Waals surface area contributed by atoms with Crippen LogP contribution in [0.25, 0.3) is 21.5 Å². The standard InChI is InChI=1S/C27H27N5O2.ClH/c33-25(30-34)21-14-28-26(29-15-21)32-11-9-27(10-12-32)17-31(18-27)16-20-13-19-5-1-2-6-22(19)24-8-4-3-7-23(20)24;/h1-8,13-15,34H,9-12,16-18H2,(H,30,33);1H. The van der Waals surface area contributed by atoms with Gasteiger partial charge >= 0.3 is 0 Å². The first-order valence-electron chi connectivity index (χ1n) is 11.8. The number of hydroxylamine groups is 1. The van der Waals surface area contributed by atoms with Crippen LogP contribution in [0.3, 0.4) is 0 Å². The number of halogens is 1. The number of carbonyl (C=O) groups is 1. The summed E-state index contributed by atoms with van der Waals surface area (Å²) in [6.07, 6.45) is 5.14. The Labute approximate surface area is 210 Å². The maximum Gasteiger partial charge on any atom is 0.277 e. The smallest absolute Gasteiger partial charge is 0.277 e. The van der Waals surface area contributed by atoms with E-state index in [0.717, 1.165) is 45.6 Å². The lowest BCUT2D eigenvalue weighted by molar-refractivity contribution is -0.0239. The number of amides is 1. The molecule has 2 saturated heterocycles. The molecular formula is C27H28ClN5O2. The van der Waals surface area contributed by atoms with Crippen LogP contribution >= 0.6 is 12.4 Å². The number of hydrogen-bond acceptors (Lipinski definition) is 6. The Hall–Kier alpha value is -3.26. The highest BCUT2D eigenvalue weighted by Gasteiger charge is 2.45. The third-order valence-electron chi connectivity index (χ3n) is 7.47. The molecule has 4 aromatic rings. The third-order valence-corrected chi connectivity index (χ3v) is 7.47. The number of fused-ring (bicyclic) bond motifs is 3. The van der Waals surface area contributed by atoms with Crippen LogP contribution in [0.15, 0.2) is 67.0 Å². The van der Waals surface area contributed by atoms with E-state index in [4.69, 9.17) is 5.21 Å². The van der Waals surface area contributed by atoms with Crippen molar-refractivity contribution in [1.29, 1.82) is 0 Å². The summed E-state index contributed by atoms with van der Waals surface area (Å²) < 4.78 is 0. The number of anilines is 1. The van der Waals surface area contributed by atoms with Gasteiger partial charge in [0, 0.05) is 45.1 Å². The molecule has 1 amide bonds. The first-order chi connectivity index (χ1) is 16.6. The molecule has 2 aliphatic heterocycles. The predicted octanol–water partition coefficient (Wildman–Crippen LogP) is 4.43. The highest BCUT2D eigenvalue weighted by molar-refractivity contribution is 6.08. The molecule has 3 heterocycles. The van der Waals surface area contributed by atoms with Gasteiger partial charge in [0.05, 0.1) is 5.56 Å². The second-order valence-corrected chi connectivity index (χ2v) is 9.65. The van der Waals surface area contributed by atoms with Crippen LogP contribution in [-0.4, -0.2) is 52.2 Å². The Morgan fingerprint density at radius 2 is 1.57 bits per heavy atom. The zero-order valence-electron chi connectivity index (χ0n) is 19.4. The van der Waals surface area contributed by atoms with Crippen molar-refractivity contribution >= 4 is 45.8 Å². The molecule has 0 saturated carbocycles. The Morgan fingerprint density at radius 1 is 0.943 bits per heavy atom. The van der Waals surface area contributed by atoms with E-state index < -0.39 is 5.91 Å². The molecule has 3 aromatic carbocycles. The minimum absolute atomic E-state index is 0. The largest absolute Gasteiger partial charge is 0.341 e. The molecule has 1 aromatic heterocycles. The SMILES string of the molecule is Cl.O=C(NO)c1cnc(N2CCC3(CC2)CN(Cc2cc4ccccc4c4ccccc24)C3)nc1. The monoisotopic (exact) mass is 489 g/mol. The van der Waals surface area contributed by atoms with Crippen molar-refractivity contribution in [2.75, 3.05) is 31.1 Å². The van der Waals surface area contributed by atoms with Crippen LogP contribution < -0.4 is 10.4 Å². The van der Waals surface area contributed by atoms with Gasteiger partial charge in [-0.25, -0.2) is 15.4 Å². The molecule has 8 heteroatoms. The van der Waals surface area contributed by atoms with E-state index in [2.05, 4.69) is 74.4 Å². The Kier molecular flexibility index (Phi) is 6.32. The maximum atomic E-state index is 11.5. The van der Waals surface area contributed by atoms with Crippen LogP contribution in [-0.2, 0) is 6.54 Å². The summed E-state index contributed by atoms with van der Waals surface area (Å²) in [5, 5.41) is 14.1. The average Bonchev–Trinajstić information content (AvgIpc) is 2.88. The number of likely N-dealkylation sites (tertiary alicyclic amines) is 1. The van der Waals surface area contributed by atoms with Gasteiger partial charge in [-0.3, -0.25) is 14.9 Å². The molecule has 0 aliphatic carbocycles. The fourth-order valence-electron chi connectivity index (χ4n) is 5.68. The normalized spacial score (nSPS) is 17.2. The van der Waals surface area contributed by atoms with Gasteiger partial charge in [-0.1, -0.05) is 48.5 Å². The van der Waals surface area contributed by atoms with Crippen LogP contribution in [0, 0.1) is 5.41 Å². The molecule has 1 spiro atoms. The van der Waals surface area contributed by atoms with Crippen molar-refractivity contribution in [2.24, 2.45) is 5.41 Å². The number of nitrogens with zero attached hydrogens (tertiary/aromatic N) is 4. The molecular weight excluding hydrogens is 462 g/mol. The summed E-state index contributed by atoms with van der Waals surface area (Å²) >= 11 is 0. The van der Waals surface area contributed by atoms with Gasteiger partial charge in [0.15, 0.2) is 0 Å². The molecule has 2 N–H and O–H groups in total. The van der Waals surface area contributed by atoms with Gasteiger partial charge in [0.1, 0.15) is 0 Å². The first kappa shape index (κ1) is 23.5. The number of piperidine rings is 1. The first-order valence-corrected chi connectivity index (χ1v) is 11.8. The molecule has 0 bridgehead atoms. The van der Waals surface area contributed by atoms with E-state index in [1.54, 1.807) is 5.48 Å². The number of hydrogen-bond donors (Lipinski definition) is 2. The minimum atomic E-state index is -0.599.